The van der Waals surface area contributed by atoms with Crippen LogP contribution in [0.3, 0.4) is 0 Å². The van der Waals surface area contributed by atoms with E-state index in [-0.39, 0.29) is 5.91 Å². The molecule has 0 saturated heterocycles. The Morgan fingerprint density at radius 2 is 1.88 bits per heavy atom. The van der Waals surface area contributed by atoms with Crippen LogP contribution >= 0.6 is 0 Å². The van der Waals surface area contributed by atoms with Gasteiger partial charge in [-0.05, 0) is 37.6 Å². The maximum Gasteiger partial charge on any atom is 0.274 e. The summed E-state index contributed by atoms with van der Waals surface area (Å²) in [7, 11) is 0. The number of carbonyl (C=O) groups is 1. The number of aromatic amines is 1. The monoisotopic (exact) mass is 329 g/mol. The number of hydrogen-bond donors (Lipinski definition) is 1. The lowest BCUT2D eigenvalue weighted by atomic mass is 10.1. The van der Waals surface area contributed by atoms with Gasteiger partial charge in [0.25, 0.3) is 5.91 Å². The lowest BCUT2D eigenvalue weighted by Crippen LogP contribution is -2.31. The number of para-hydroxylation sites is 1. The number of nitrogens with zero attached hydrogens (tertiary/aromatic N) is 2. The summed E-state index contributed by atoms with van der Waals surface area (Å²) in [6.07, 6.45) is 1.77. The van der Waals surface area contributed by atoms with Crippen LogP contribution < -0.4 is 4.90 Å². The third-order valence-corrected chi connectivity index (χ3v) is 4.56. The Labute approximate surface area is 146 Å². The van der Waals surface area contributed by atoms with Crippen LogP contribution in [-0.2, 0) is 0 Å². The van der Waals surface area contributed by atoms with Crippen LogP contribution in [0.15, 0.2) is 60.8 Å². The predicted molar refractivity (Wildman–Crippen MR) is 102 cm³/mol. The van der Waals surface area contributed by atoms with E-state index in [9.17, 15) is 4.79 Å². The first-order chi connectivity index (χ1) is 12.2. The van der Waals surface area contributed by atoms with Crippen molar-refractivity contribution in [3.8, 4) is 0 Å². The molecule has 2 aromatic heterocycles. The Hall–Kier alpha value is -3.14. The zero-order chi connectivity index (χ0) is 17.4. The van der Waals surface area contributed by atoms with E-state index in [4.69, 9.17) is 0 Å². The Morgan fingerprint density at radius 1 is 1.08 bits per heavy atom. The number of rotatable bonds is 3. The molecule has 0 bridgehead atoms. The van der Waals surface area contributed by atoms with Crippen molar-refractivity contribution in [2.24, 2.45) is 0 Å². The van der Waals surface area contributed by atoms with Crippen LogP contribution in [0.5, 0.6) is 0 Å². The van der Waals surface area contributed by atoms with E-state index in [0.717, 1.165) is 33.1 Å². The topological polar surface area (TPSA) is 49.0 Å². The van der Waals surface area contributed by atoms with Gasteiger partial charge in [0.05, 0.1) is 11.0 Å². The number of fused-ring (bicyclic) bond motifs is 3. The third-order valence-electron chi connectivity index (χ3n) is 4.56. The number of amides is 1. The van der Waals surface area contributed by atoms with Gasteiger partial charge in [-0.25, -0.2) is 0 Å². The molecular formula is C21H19N3O. The molecule has 0 aliphatic rings. The fourth-order valence-electron chi connectivity index (χ4n) is 3.29. The molecule has 4 nitrogen and oxygen atoms in total. The molecule has 0 fully saturated rings. The van der Waals surface area contributed by atoms with Gasteiger partial charge in [0.2, 0.25) is 0 Å². The van der Waals surface area contributed by atoms with Crippen LogP contribution in [0.2, 0.25) is 0 Å². The van der Waals surface area contributed by atoms with Crippen LogP contribution in [-0.4, -0.2) is 22.4 Å². The summed E-state index contributed by atoms with van der Waals surface area (Å²) in [4.78, 5) is 22.7. The summed E-state index contributed by atoms with van der Waals surface area (Å²) < 4.78 is 0. The highest BCUT2D eigenvalue weighted by Crippen LogP contribution is 2.26. The Morgan fingerprint density at radius 3 is 2.68 bits per heavy atom. The molecule has 2 aromatic carbocycles. The summed E-state index contributed by atoms with van der Waals surface area (Å²) >= 11 is 0. The number of hydrogen-bond acceptors (Lipinski definition) is 2. The minimum atomic E-state index is -0.0305. The molecule has 0 unspecified atom stereocenters. The van der Waals surface area contributed by atoms with Crippen LogP contribution in [0.25, 0.3) is 21.8 Å². The van der Waals surface area contributed by atoms with Gasteiger partial charge in [-0.1, -0.05) is 36.4 Å². The van der Waals surface area contributed by atoms with E-state index < -0.39 is 0 Å². The first-order valence-electron chi connectivity index (χ1n) is 8.43. The van der Waals surface area contributed by atoms with E-state index >= 15 is 0 Å². The van der Waals surface area contributed by atoms with Crippen molar-refractivity contribution in [1.82, 2.24) is 9.97 Å². The second-order valence-corrected chi connectivity index (χ2v) is 6.12. The van der Waals surface area contributed by atoms with Crippen molar-refractivity contribution in [2.45, 2.75) is 13.8 Å². The second-order valence-electron chi connectivity index (χ2n) is 6.12. The van der Waals surface area contributed by atoms with E-state index in [1.165, 1.54) is 0 Å². The molecule has 0 aliphatic carbocycles. The highest BCUT2D eigenvalue weighted by molar-refractivity contribution is 6.11. The number of carbonyl (C=O) groups excluding carboxylic acids is 1. The number of anilines is 1. The molecule has 124 valence electrons. The molecule has 4 rings (SSSR count). The van der Waals surface area contributed by atoms with Crippen molar-refractivity contribution in [2.75, 3.05) is 11.4 Å². The lowest BCUT2D eigenvalue weighted by Gasteiger charge is -2.22. The molecule has 0 radical (unpaired) electrons. The second kappa shape index (κ2) is 6.06. The van der Waals surface area contributed by atoms with Gasteiger partial charge >= 0.3 is 0 Å². The maximum atomic E-state index is 13.1. The maximum absolute atomic E-state index is 13.1. The zero-order valence-electron chi connectivity index (χ0n) is 14.3. The third kappa shape index (κ3) is 2.56. The normalized spacial score (nSPS) is 11.1. The smallest absolute Gasteiger partial charge is 0.274 e. The molecule has 0 saturated carbocycles. The van der Waals surface area contributed by atoms with E-state index in [1.807, 2.05) is 68.4 Å². The van der Waals surface area contributed by atoms with Gasteiger partial charge in [0, 0.05) is 29.2 Å². The van der Waals surface area contributed by atoms with Gasteiger partial charge in [0.15, 0.2) is 0 Å². The molecular weight excluding hydrogens is 310 g/mol. The number of H-pyrrole nitrogens is 1. The first kappa shape index (κ1) is 15.4. The summed E-state index contributed by atoms with van der Waals surface area (Å²) in [5, 5.41) is 2.05. The number of nitrogens with one attached hydrogen (secondary N) is 1. The number of benzene rings is 2. The molecule has 1 N–H and O–H groups in total. The van der Waals surface area contributed by atoms with Crippen molar-refractivity contribution < 1.29 is 4.79 Å². The molecule has 0 atom stereocenters. The van der Waals surface area contributed by atoms with Gasteiger partial charge < -0.3 is 9.88 Å². The van der Waals surface area contributed by atoms with Gasteiger partial charge in [0.1, 0.15) is 5.69 Å². The molecule has 4 heteroatoms. The Kier molecular flexibility index (Phi) is 3.73. The molecule has 1 amide bonds. The van der Waals surface area contributed by atoms with Gasteiger partial charge in [-0.2, -0.15) is 0 Å². The fraction of sp³-hybridized carbons (Fsp3) is 0.143. The van der Waals surface area contributed by atoms with Crippen LogP contribution in [0, 0.1) is 6.92 Å². The summed E-state index contributed by atoms with van der Waals surface area (Å²) in [6, 6.07) is 17.9. The van der Waals surface area contributed by atoms with Crippen molar-refractivity contribution in [3.05, 3.63) is 72.1 Å². The number of pyridine rings is 1. The van der Waals surface area contributed by atoms with E-state index in [1.54, 1.807) is 11.1 Å². The number of aromatic nitrogens is 2. The van der Waals surface area contributed by atoms with E-state index in [2.05, 4.69) is 9.97 Å². The first-order valence-corrected chi connectivity index (χ1v) is 8.43. The quantitative estimate of drug-likeness (QED) is 0.593. The Balaban J connectivity index is 1.82. The van der Waals surface area contributed by atoms with Crippen molar-refractivity contribution in [1.29, 1.82) is 0 Å². The van der Waals surface area contributed by atoms with E-state index in [0.29, 0.717) is 12.2 Å². The minimum absolute atomic E-state index is 0.0305. The summed E-state index contributed by atoms with van der Waals surface area (Å²) in [5.74, 6) is -0.0305. The van der Waals surface area contributed by atoms with Crippen molar-refractivity contribution >= 4 is 33.4 Å². The average molecular weight is 329 g/mol. The SMILES string of the molecule is CCN(C(=O)c1cc2ccc3cccnc3c2[nH]1)c1ccccc1C. The predicted octanol–water partition coefficient (Wildman–Crippen LogP) is 4.69. The molecule has 2 heterocycles. The Bertz CT molecular complexity index is 1080. The fourth-order valence-corrected chi connectivity index (χ4v) is 3.29. The van der Waals surface area contributed by atoms with Gasteiger partial charge in [-0.3, -0.25) is 9.78 Å². The largest absolute Gasteiger partial charge is 0.349 e. The molecule has 0 aliphatic heterocycles. The highest BCUT2D eigenvalue weighted by Gasteiger charge is 2.20. The van der Waals surface area contributed by atoms with Crippen molar-refractivity contribution in [3.63, 3.8) is 0 Å². The van der Waals surface area contributed by atoms with Gasteiger partial charge in [-0.15, -0.1) is 0 Å². The zero-order valence-corrected chi connectivity index (χ0v) is 14.3. The van der Waals surface area contributed by atoms with Crippen LogP contribution in [0.4, 0.5) is 5.69 Å². The van der Waals surface area contributed by atoms with Crippen LogP contribution in [0.1, 0.15) is 23.0 Å². The summed E-state index contributed by atoms with van der Waals surface area (Å²) in [6.45, 7) is 4.62. The standard InChI is InChI=1S/C21H19N3O/c1-3-24(18-9-5-4-7-14(18)2)21(25)17-13-16-11-10-15-8-6-12-22-19(15)20(16)23-17/h4-13,23H,3H2,1-2H3. The summed E-state index contributed by atoms with van der Waals surface area (Å²) in [5.41, 5.74) is 4.40. The highest BCUT2D eigenvalue weighted by atomic mass is 16.2. The lowest BCUT2D eigenvalue weighted by molar-refractivity contribution is 0.0984. The molecule has 25 heavy (non-hydrogen) atoms. The number of aryl methyl sites for hydroxylation is 1. The average Bonchev–Trinajstić information content (AvgIpc) is 3.08. The molecule has 0 spiro atoms. The molecule has 4 aromatic rings. The minimum Gasteiger partial charge on any atom is -0.349 e.